The number of allylic oxidation sites excluding steroid dienone is 5. The Bertz CT molecular complexity index is 1490. The van der Waals surface area contributed by atoms with Crippen molar-refractivity contribution >= 4 is 23.9 Å². The number of rotatable bonds is 9. The number of hydrazine groups is 1. The van der Waals surface area contributed by atoms with Gasteiger partial charge >= 0.3 is 11.7 Å². The zero-order chi connectivity index (χ0) is 29.8. The van der Waals surface area contributed by atoms with Crippen LogP contribution in [0.25, 0.3) is 5.69 Å². The monoisotopic (exact) mass is 555 g/mol. The molecule has 3 aromatic rings. The third-order valence-corrected chi connectivity index (χ3v) is 6.24. The first kappa shape index (κ1) is 30.8. The maximum atomic E-state index is 13.1. The molecule has 0 spiro atoms. The van der Waals surface area contributed by atoms with Gasteiger partial charge in [-0.05, 0) is 44.9 Å². The second-order valence-electron chi connectivity index (χ2n) is 9.01. The van der Waals surface area contributed by atoms with Crippen molar-refractivity contribution in [1.29, 1.82) is 0 Å². The van der Waals surface area contributed by atoms with Crippen LogP contribution in [-0.4, -0.2) is 35.5 Å². The van der Waals surface area contributed by atoms with Crippen LogP contribution >= 0.6 is 0 Å². The van der Waals surface area contributed by atoms with E-state index in [0.717, 1.165) is 23.8 Å². The summed E-state index contributed by atoms with van der Waals surface area (Å²) >= 11 is 0. The normalized spacial score (nSPS) is 14.5. The van der Waals surface area contributed by atoms with Crippen LogP contribution in [0.3, 0.4) is 0 Å². The number of ether oxygens (including phenoxy) is 1. The standard InChI is InChI=1S/C24H25N5O3.C8H12O/c1-4-32-23(30)18-15(2)26-22-20(19(18)16-11-7-5-8-12-16)21(28-25-3)27-24(31)29(22)17-13-9-6-10-14-17;1-3-5-8(7-9)6-4-2/h5-14,19,25-26H,4H2,1-3H3,(H,27,28,31);3,5-7H,4H2,1-2H3/b;5-3-,8-6+. The van der Waals surface area contributed by atoms with Gasteiger partial charge in [0.25, 0.3) is 0 Å². The average Bonchev–Trinajstić information content (AvgIpc) is 2.98. The molecule has 9 heteroatoms. The largest absolute Gasteiger partial charge is 0.463 e. The Labute approximate surface area is 240 Å². The van der Waals surface area contributed by atoms with Crippen molar-refractivity contribution in [3.63, 3.8) is 0 Å². The Morgan fingerprint density at radius 1 is 1.10 bits per heavy atom. The predicted molar refractivity (Wildman–Crippen MR) is 163 cm³/mol. The summed E-state index contributed by atoms with van der Waals surface area (Å²) in [6, 6.07) is 18.9. The van der Waals surface area contributed by atoms with Gasteiger partial charge in [0.15, 0.2) is 5.82 Å². The van der Waals surface area contributed by atoms with Gasteiger partial charge < -0.3 is 15.5 Å². The minimum Gasteiger partial charge on any atom is -0.463 e. The van der Waals surface area contributed by atoms with Crippen molar-refractivity contribution in [2.45, 2.75) is 40.0 Å². The second-order valence-corrected chi connectivity index (χ2v) is 9.01. The van der Waals surface area contributed by atoms with Crippen LogP contribution in [0.5, 0.6) is 0 Å². The fourth-order valence-corrected chi connectivity index (χ4v) is 4.61. The molecule has 9 nitrogen and oxygen atoms in total. The lowest BCUT2D eigenvalue weighted by Gasteiger charge is -2.32. The molecule has 0 saturated heterocycles. The van der Waals surface area contributed by atoms with Crippen molar-refractivity contribution in [2.75, 3.05) is 24.4 Å². The van der Waals surface area contributed by atoms with Crippen LogP contribution in [0.2, 0.25) is 0 Å². The van der Waals surface area contributed by atoms with Crippen molar-refractivity contribution in [3.8, 4) is 5.69 Å². The number of nitrogens with one attached hydrogen (secondary N) is 3. The number of aromatic nitrogens is 2. The number of esters is 1. The first-order chi connectivity index (χ1) is 19.9. The Morgan fingerprint density at radius 3 is 2.32 bits per heavy atom. The molecule has 0 aliphatic carbocycles. The molecule has 41 heavy (non-hydrogen) atoms. The smallest absolute Gasteiger partial charge is 0.355 e. The summed E-state index contributed by atoms with van der Waals surface area (Å²) in [6.07, 6.45) is 7.33. The molecule has 0 saturated carbocycles. The molecule has 1 aliphatic rings. The van der Waals surface area contributed by atoms with E-state index in [9.17, 15) is 14.4 Å². The summed E-state index contributed by atoms with van der Waals surface area (Å²) in [6.45, 7) is 7.75. The Morgan fingerprint density at radius 2 is 1.76 bits per heavy atom. The lowest BCUT2D eigenvalue weighted by Crippen LogP contribution is -2.34. The molecule has 4 rings (SSSR count). The second kappa shape index (κ2) is 15.1. The highest BCUT2D eigenvalue weighted by Gasteiger charge is 2.37. The highest BCUT2D eigenvalue weighted by Crippen LogP contribution is 2.44. The predicted octanol–water partition coefficient (Wildman–Crippen LogP) is 5.27. The summed E-state index contributed by atoms with van der Waals surface area (Å²) in [5.74, 6) is -0.0148. The van der Waals surface area contributed by atoms with Gasteiger partial charge in [0, 0.05) is 23.9 Å². The Hall–Kier alpha value is -4.76. The molecule has 2 aromatic carbocycles. The maximum absolute atomic E-state index is 13.1. The molecule has 214 valence electrons. The molecule has 2 heterocycles. The minimum atomic E-state index is -0.495. The van der Waals surface area contributed by atoms with Gasteiger partial charge in [-0.25, -0.2) is 19.6 Å². The van der Waals surface area contributed by atoms with Gasteiger partial charge in [0.2, 0.25) is 0 Å². The number of para-hydroxylation sites is 1. The van der Waals surface area contributed by atoms with Crippen LogP contribution in [-0.2, 0) is 14.3 Å². The van der Waals surface area contributed by atoms with E-state index >= 15 is 0 Å². The zero-order valence-corrected chi connectivity index (χ0v) is 24.1. The number of anilines is 2. The summed E-state index contributed by atoms with van der Waals surface area (Å²) in [5, 5.41) is 3.29. The highest BCUT2D eigenvalue weighted by molar-refractivity contribution is 5.95. The molecule has 0 fully saturated rings. The van der Waals surface area contributed by atoms with Gasteiger partial charge in [0.1, 0.15) is 12.1 Å². The summed E-state index contributed by atoms with van der Waals surface area (Å²) < 4.78 is 6.92. The van der Waals surface area contributed by atoms with E-state index in [1.165, 1.54) is 4.57 Å². The quantitative estimate of drug-likeness (QED) is 0.108. The fraction of sp³-hybridized carbons (Fsp3) is 0.250. The van der Waals surface area contributed by atoms with Crippen molar-refractivity contribution in [2.24, 2.45) is 0 Å². The van der Waals surface area contributed by atoms with Gasteiger partial charge in [-0.2, -0.15) is 4.98 Å². The van der Waals surface area contributed by atoms with Crippen LogP contribution in [0.4, 0.5) is 11.6 Å². The summed E-state index contributed by atoms with van der Waals surface area (Å²) in [5.41, 5.74) is 9.47. The lowest BCUT2D eigenvalue weighted by molar-refractivity contribution is -0.138. The molecule has 1 aromatic heterocycles. The van der Waals surface area contributed by atoms with Crippen LogP contribution in [0.15, 0.2) is 101 Å². The molecule has 1 unspecified atom stereocenters. The third kappa shape index (κ3) is 7.26. The van der Waals surface area contributed by atoms with Gasteiger partial charge in [-0.15, -0.1) is 0 Å². The Kier molecular flexibility index (Phi) is 11.4. The number of hydrogen-bond donors (Lipinski definition) is 3. The molecular weight excluding hydrogens is 518 g/mol. The van der Waals surface area contributed by atoms with E-state index in [-0.39, 0.29) is 6.61 Å². The van der Waals surface area contributed by atoms with E-state index in [1.54, 1.807) is 20.0 Å². The average molecular weight is 556 g/mol. The number of carbonyl (C=O) groups excluding carboxylic acids is 2. The van der Waals surface area contributed by atoms with E-state index in [4.69, 9.17) is 4.74 Å². The molecular formula is C32H37N5O4. The van der Waals surface area contributed by atoms with E-state index in [1.807, 2.05) is 93.6 Å². The lowest BCUT2D eigenvalue weighted by atomic mass is 9.81. The number of benzene rings is 2. The minimum absolute atomic E-state index is 0.257. The summed E-state index contributed by atoms with van der Waals surface area (Å²) in [7, 11) is 1.69. The van der Waals surface area contributed by atoms with Gasteiger partial charge in [-0.3, -0.25) is 4.79 Å². The number of carbonyl (C=O) groups is 2. The number of aldehydes is 1. The number of fused-ring (bicyclic) bond motifs is 1. The van der Waals surface area contributed by atoms with Crippen molar-refractivity contribution in [1.82, 2.24) is 15.0 Å². The molecule has 1 aliphatic heterocycles. The van der Waals surface area contributed by atoms with Crippen molar-refractivity contribution < 1.29 is 14.3 Å². The number of nitrogens with zero attached hydrogens (tertiary/aromatic N) is 2. The van der Waals surface area contributed by atoms with E-state index in [0.29, 0.717) is 34.2 Å². The molecule has 0 bridgehead atoms. The topological polar surface area (TPSA) is 114 Å². The van der Waals surface area contributed by atoms with Crippen LogP contribution < -0.4 is 21.9 Å². The molecule has 0 amide bonds. The van der Waals surface area contributed by atoms with Crippen LogP contribution in [0, 0.1) is 0 Å². The summed E-state index contributed by atoms with van der Waals surface area (Å²) in [4.78, 5) is 40.6. The van der Waals surface area contributed by atoms with Crippen LogP contribution in [0.1, 0.15) is 51.2 Å². The maximum Gasteiger partial charge on any atom is 0.355 e. The van der Waals surface area contributed by atoms with Gasteiger partial charge in [0.05, 0.1) is 23.8 Å². The zero-order valence-electron chi connectivity index (χ0n) is 24.1. The molecule has 0 radical (unpaired) electrons. The van der Waals surface area contributed by atoms with Crippen molar-refractivity contribution in [3.05, 3.63) is 117 Å². The highest BCUT2D eigenvalue weighted by atomic mass is 16.5. The first-order valence-corrected chi connectivity index (χ1v) is 13.5. The molecule has 3 N–H and O–H groups in total. The number of hydrogen-bond acceptors (Lipinski definition) is 8. The van der Waals surface area contributed by atoms with E-state index in [2.05, 4.69) is 21.2 Å². The fourth-order valence-electron chi connectivity index (χ4n) is 4.61. The Balaban J connectivity index is 0.000000445. The SMILES string of the molecule is C/C=C\C(C=O)=C/CC.CCOC(=O)C1=C(C)Nc2c(c(NNC)nc(=O)n2-c2ccccc2)C1c1ccccc1. The first-order valence-electron chi connectivity index (χ1n) is 13.5. The van der Waals surface area contributed by atoms with E-state index < -0.39 is 17.6 Å². The molecule has 1 atom stereocenters. The van der Waals surface area contributed by atoms with Gasteiger partial charge in [-0.1, -0.05) is 73.7 Å². The third-order valence-electron chi connectivity index (χ3n) is 6.24.